The second-order valence-corrected chi connectivity index (χ2v) is 5.90. The first-order valence-corrected chi connectivity index (χ1v) is 6.93. The average molecular weight is 322 g/mol. The summed E-state index contributed by atoms with van der Waals surface area (Å²) in [6.07, 6.45) is -0.907. The van der Waals surface area contributed by atoms with Crippen LogP contribution in [0.2, 0.25) is 0 Å². The Morgan fingerprint density at radius 3 is 2.52 bits per heavy atom. The van der Waals surface area contributed by atoms with Crippen molar-refractivity contribution in [3.05, 3.63) is 29.6 Å². The third kappa shape index (κ3) is 3.49. The van der Waals surface area contributed by atoms with E-state index < -0.39 is 11.9 Å². The van der Waals surface area contributed by atoms with Gasteiger partial charge in [0.1, 0.15) is 5.69 Å². The molecule has 3 nitrogen and oxygen atoms in total. The fourth-order valence-electron chi connectivity index (χ4n) is 3.35. The van der Waals surface area contributed by atoms with Crippen molar-refractivity contribution in [3.8, 4) is 0 Å². The Morgan fingerprint density at radius 2 is 1.90 bits per heavy atom. The lowest BCUT2D eigenvalue weighted by Gasteiger charge is -2.52. The Morgan fingerprint density at radius 1 is 1.24 bits per heavy atom. The molecule has 1 aromatic rings. The van der Waals surface area contributed by atoms with Gasteiger partial charge in [0.15, 0.2) is 0 Å². The summed E-state index contributed by atoms with van der Waals surface area (Å²) in [5.41, 5.74) is -0.124. The minimum atomic E-state index is -4.37. The fourth-order valence-corrected chi connectivity index (χ4v) is 3.35. The van der Waals surface area contributed by atoms with Gasteiger partial charge >= 0.3 is 6.18 Å². The first kappa shape index (κ1) is 16.5. The van der Waals surface area contributed by atoms with E-state index >= 15 is 0 Å². The maximum atomic E-state index is 12.9. The molecule has 1 aromatic heterocycles. The molecule has 7 heteroatoms. The van der Waals surface area contributed by atoms with E-state index in [0.29, 0.717) is 12.0 Å². The van der Waals surface area contributed by atoms with Gasteiger partial charge in [-0.1, -0.05) is 6.07 Å². The van der Waals surface area contributed by atoms with E-state index in [-0.39, 0.29) is 18.0 Å². The Hall–Kier alpha value is -0.850. The van der Waals surface area contributed by atoms with Gasteiger partial charge < -0.3 is 5.32 Å². The fraction of sp³-hybridized carbons (Fsp3) is 0.643. The van der Waals surface area contributed by atoms with Crippen LogP contribution in [0, 0.1) is 5.41 Å². The number of nitrogens with one attached hydrogen (secondary N) is 1. The van der Waals surface area contributed by atoms with Crippen molar-refractivity contribution in [2.75, 3.05) is 26.2 Å². The molecule has 3 heterocycles. The predicted octanol–water partition coefficient (Wildman–Crippen LogP) is 2.71. The van der Waals surface area contributed by atoms with Crippen LogP contribution in [0.4, 0.5) is 13.2 Å². The van der Waals surface area contributed by atoms with Gasteiger partial charge in [-0.05, 0) is 43.0 Å². The SMILES string of the molecule is Cl.FC(F)(F)c1ncccc1CN1CC2(CCNCC2)C1. The van der Waals surface area contributed by atoms with Crippen molar-refractivity contribution in [1.82, 2.24) is 15.2 Å². The monoisotopic (exact) mass is 321 g/mol. The molecule has 0 atom stereocenters. The zero-order valence-corrected chi connectivity index (χ0v) is 12.4. The van der Waals surface area contributed by atoms with Crippen molar-refractivity contribution in [2.24, 2.45) is 5.41 Å². The van der Waals surface area contributed by atoms with Crippen LogP contribution in [0.25, 0.3) is 0 Å². The maximum Gasteiger partial charge on any atom is 0.433 e. The zero-order valence-electron chi connectivity index (χ0n) is 11.6. The molecule has 21 heavy (non-hydrogen) atoms. The molecular weight excluding hydrogens is 303 g/mol. The number of hydrogen-bond acceptors (Lipinski definition) is 3. The van der Waals surface area contributed by atoms with Crippen molar-refractivity contribution in [3.63, 3.8) is 0 Å². The molecule has 2 aliphatic heterocycles. The number of halogens is 4. The van der Waals surface area contributed by atoms with E-state index in [2.05, 4.69) is 15.2 Å². The highest BCUT2D eigenvalue weighted by molar-refractivity contribution is 5.85. The Bertz CT molecular complexity index is 479. The Labute approximate surface area is 128 Å². The van der Waals surface area contributed by atoms with Crippen LogP contribution in [-0.4, -0.2) is 36.1 Å². The van der Waals surface area contributed by atoms with Crippen LogP contribution in [0.5, 0.6) is 0 Å². The largest absolute Gasteiger partial charge is 0.433 e. The summed E-state index contributed by atoms with van der Waals surface area (Å²) in [6.45, 7) is 4.20. The van der Waals surface area contributed by atoms with Crippen molar-refractivity contribution in [1.29, 1.82) is 0 Å². The summed E-state index contributed by atoms with van der Waals surface area (Å²) in [7, 11) is 0. The topological polar surface area (TPSA) is 28.2 Å². The molecule has 2 fully saturated rings. The summed E-state index contributed by atoms with van der Waals surface area (Å²) >= 11 is 0. The number of hydrogen-bond donors (Lipinski definition) is 1. The number of piperidine rings is 1. The summed E-state index contributed by atoms with van der Waals surface area (Å²) in [5, 5.41) is 3.32. The van der Waals surface area contributed by atoms with Crippen molar-refractivity contribution >= 4 is 12.4 Å². The van der Waals surface area contributed by atoms with Gasteiger partial charge in [-0.3, -0.25) is 9.88 Å². The normalized spacial score (nSPS) is 21.7. The second kappa shape index (κ2) is 6.10. The van der Waals surface area contributed by atoms with E-state index in [1.54, 1.807) is 6.07 Å². The van der Waals surface area contributed by atoms with E-state index in [9.17, 15) is 13.2 Å². The summed E-state index contributed by atoms with van der Waals surface area (Å²) in [6, 6.07) is 3.11. The number of alkyl halides is 3. The third-order valence-corrected chi connectivity index (χ3v) is 4.34. The van der Waals surface area contributed by atoms with Gasteiger partial charge in [-0.15, -0.1) is 12.4 Å². The lowest BCUT2D eigenvalue weighted by molar-refractivity contribution is -0.142. The van der Waals surface area contributed by atoms with Crippen LogP contribution in [0.1, 0.15) is 24.1 Å². The molecule has 3 rings (SSSR count). The highest BCUT2D eigenvalue weighted by Crippen LogP contribution is 2.40. The molecule has 2 saturated heterocycles. The van der Waals surface area contributed by atoms with E-state index in [1.807, 2.05) is 0 Å². The van der Waals surface area contributed by atoms with Crippen LogP contribution < -0.4 is 5.32 Å². The van der Waals surface area contributed by atoms with Crippen LogP contribution in [0.15, 0.2) is 18.3 Å². The zero-order chi connectivity index (χ0) is 14.2. The van der Waals surface area contributed by atoms with Crippen LogP contribution in [0.3, 0.4) is 0 Å². The average Bonchev–Trinajstić information content (AvgIpc) is 2.37. The third-order valence-electron chi connectivity index (χ3n) is 4.34. The number of pyridine rings is 1. The number of nitrogens with zero attached hydrogens (tertiary/aromatic N) is 2. The molecule has 0 amide bonds. The molecule has 0 unspecified atom stereocenters. The van der Waals surface area contributed by atoms with Crippen molar-refractivity contribution < 1.29 is 13.2 Å². The number of likely N-dealkylation sites (tertiary alicyclic amines) is 1. The second-order valence-electron chi connectivity index (χ2n) is 5.90. The Balaban J connectivity index is 0.00000161. The number of rotatable bonds is 2. The van der Waals surface area contributed by atoms with Crippen LogP contribution in [-0.2, 0) is 12.7 Å². The molecule has 2 aliphatic rings. The molecule has 118 valence electrons. The molecule has 0 aliphatic carbocycles. The quantitative estimate of drug-likeness (QED) is 0.908. The Kier molecular flexibility index (Phi) is 4.80. The molecular formula is C14H19ClF3N3. The van der Waals surface area contributed by atoms with Crippen molar-refractivity contribution in [2.45, 2.75) is 25.6 Å². The molecule has 0 bridgehead atoms. The molecule has 1 N–H and O–H groups in total. The molecule has 1 spiro atoms. The van der Waals surface area contributed by atoms with Gasteiger partial charge in [0.2, 0.25) is 0 Å². The minimum absolute atomic E-state index is 0. The van der Waals surface area contributed by atoms with Gasteiger partial charge in [0.05, 0.1) is 0 Å². The molecule has 0 saturated carbocycles. The smallest absolute Gasteiger partial charge is 0.317 e. The van der Waals surface area contributed by atoms with Gasteiger partial charge in [-0.25, -0.2) is 0 Å². The molecule has 0 radical (unpaired) electrons. The van der Waals surface area contributed by atoms with Gasteiger partial charge in [-0.2, -0.15) is 13.2 Å². The maximum absolute atomic E-state index is 12.9. The summed E-state index contributed by atoms with van der Waals surface area (Å²) in [5.74, 6) is 0. The standard InChI is InChI=1S/C14H18F3N3.ClH/c15-14(16,17)12-11(2-1-5-19-12)8-20-9-13(10-20)3-6-18-7-4-13;/h1-2,5,18H,3-4,6-10H2;1H. The summed E-state index contributed by atoms with van der Waals surface area (Å²) < 4.78 is 38.6. The van der Waals surface area contributed by atoms with E-state index in [1.165, 1.54) is 12.3 Å². The van der Waals surface area contributed by atoms with E-state index in [0.717, 1.165) is 39.0 Å². The first-order chi connectivity index (χ1) is 9.49. The minimum Gasteiger partial charge on any atom is -0.317 e. The van der Waals surface area contributed by atoms with E-state index in [4.69, 9.17) is 0 Å². The lowest BCUT2D eigenvalue weighted by atomic mass is 9.72. The number of aromatic nitrogens is 1. The van der Waals surface area contributed by atoms with Crippen LogP contribution >= 0.6 is 12.4 Å². The van der Waals surface area contributed by atoms with Gasteiger partial charge in [0.25, 0.3) is 0 Å². The molecule has 0 aromatic carbocycles. The first-order valence-electron chi connectivity index (χ1n) is 6.93. The summed E-state index contributed by atoms with van der Waals surface area (Å²) in [4.78, 5) is 5.60. The van der Waals surface area contributed by atoms with Gasteiger partial charge in [0, 0.05) is 25.8 Å². The lowest BCUT2D eigenvalue weighted by Crippen LogP contribution is -2.59. The highest BCUT2D eigenvalue weighted by Gasteiger charge is 2.44. The predicted molar refractivity (Wildman–Crippen MR) is 76.3 cm³/mol. The highest BCUT2D eigenvalue weighted by atomic mass is 35.5.